The van der Waals surface area contributed by atoms with Crippen LogP contribution in [0.3, 0.4) is 0 Å². The standard InChI is InChI=1S/C14H13BrN2O4/c1-17-10(7-9(16-17)14(18)19)8-3-4-11-13(12(8)15)21-6-2-5-20-11/h3-4,7H,2,5-6H2,1H3,(H,18,19). The molecule has 21 heavy (non-hydrogen) atoms. The Kier molecular flexibility index (Phi) is 3.59. The number of fused-ring (bicyclic) bond motifs is 1. The molecule has 0 aliphatic carbocycles. The van der Waals surface area contributed by atoms with Gasteiger partial charge in [-0.15, -0.1) is 0 Å². The Morgan fingerprint density at radius 1 is 1.38 bits per heavy atom. The average molecular weight is 353 g/mol. The number of benzene rings is 1. The number of carboxylic acids is 1. The lowest BCUT2D eigenvalue weighted by Crippen LogP contribution is -2.00. The van der Waals surface area contributed by atoms with E-state index in [1.807, 2.05) is 12.1 Å². The molecule has 1 aliphatic rings. The Balaban J connectivity index is 2.11. The zero-order chi connectivity index (χ0) is 15.0. The molecule has 0 spiro atoms. The molecule has 2 heterocycles. The molecule has 1 N–H and O–H groups in total. The second kappa shape index (κ2) is 5.40. The smallest absolute Gasteiger partial charge is 0.356 e. The number of halogens is 1. The van der Waals surface area contributed by atoms with Crippen LogP contribution in [0.5, 0.6) is 11.5 Å². The Hall–Kier alpha value is -2.02. The van der Waals surface area contributed by atoms with Crippen molar-refractivity contribution in [1.82, 2.24) is 9.78 Å². The first-order valence-electron chi connectivity index (χ1n) is 6.43. The number of aryl methyl sites for hydroxylation is 1. The third-order valence-corrected chi connectivity index (χ3v) is 4.02. The van der Waals surface area contributed by atoms with Gasteiger partial charge >= 0.3 is 5.97 Å². The van der Waals surface area contributed by atoms with E-state index in [4.69, 9.17) is 14.6 Å². The summed E-state index contributed by atoms with van der Waals surface area (Å²) < 4.78 is 13.6. The van der Waals surface area contributed by atoms with Gasteiger partial charge < -0.3 is 14.6 Å². The van der Waals surface area contributed by atoms with Gasteiger partial charge in [-0.25, -0.2) is 4.79 Å². The first-order valence-corrected chi connectivity index (χ1v) is 7.23. The Morgan fingerprint density at radius 3 is 2.86 bits per heavy atom. The van der Waals surface area contributed by atoms with Gasteiger partial charge in [0.2, 0.25) is 0 Å². The van der Waals surface area contributed by atoms with E-state index in [2.05, 4.69) is 21.0 Å². The number of hydrogen-bond donors (Lipinski definition) is 1. The van der Waals surface area contributed by atoms with E-state index in [-0.39, 0.29) is 5.69 Å². The summed E-state index contributed by atoms with van der Waals surface area (Å²) in [5.74, 6) is 0.272. The summed E-state index contributed by atoms with van der Waals surface area (Å²) in [7, 11) is 1.71. The van der Waals surface area contributed by atoms with Crippen molar-refractivity contribution >= 4 is 21.9 Å². The normalized spacial score (nSPS) is 13.8. The van der Waals surface area contributed by atoms with Crippen LogP contribution in [0.4, 0.5) is 0 Å². The second-order valence-corrected chi connectivity index (χ2v) is 5.44. The average Bonchev–Trinajstić information content (AvgIpc) is 2.69. The molecule has 0 saturated carbocycles. The van der Waals surface area contributed by atoms with Crippen LogP contribution in [-0.2, 0) is 7.05 Å². The molecular weight excluding hydrogens is 340 g/mol. The third kappa shape index (κ3) is 2.49. The van der Waals surface area contributed by atoms with Crippen LogP contribution in [0, 0.1) is 0 Å². The number of rotatable bonds is 2. The maximum atomic E-state index is 11.0. The molecule has 0 unspecified atom stereocenters. The van der Waals surface area contributed by atoms with Gasteiger partial charge in [-0.2, -0.15) is 5.10 Å². The molecule has 0 bridgehead atoms. The molecule has 1 aliphatic heterocycles. The predicted octanol–water partition coefficient (Wildman–Crippen LogP) is 2.71. The fraction of sp³-hybridized carbons (Fsp3) is 0.286. The molecule has 0 radical (unpaired) electrons. The van der Waals surface area contributed by atoms with Gasteiger partial charge in [0, 0.05) is 19.0 Å². The molecule has 3 rings (SSSR count). The first kappa shape index (κ1) is 13.9. The largest absolute Gasteiger partial charge is 0.490 e. The van der Waals surface area contributed by atoms with Gasteiger partial charge in [-0.3, -0.25) is 4.68 Å². The molecule has 1 aromatic heterocycles. The number of carboxylic acid groups (broad SMARTS) is 1. The van der Waals surface area contributed by atoms with E-state index >= 15 is 0 Å². The van der Waals surface area contributed by atoms with Crippen molar-refractivity contribution in [1.29, 1.82) is 0 Å². The fourth-order valence-electron chi connectivity index (χ4n) is 2.22. The van der Waals surface area contributed by atoms with E-state index in [9.17, 15) is 4.79 Å². The molecule has 2 aromatic rings. The molecule has 0 atom stereocenters. The minimum atomic E-state index is -1.05. The lowest BCUT2D eigenvalue weighted by molar-refractivity contribution is 0.0689. The molecule has 0 saturated heterocycles. The number of nitrogens with zero attached hydrogens (tertiary/aromatic N) is 2. The van der Waals surface area contributed by atoms with Crippen LogP contribution in [0.1, 0.15) is 16.9 Å². The summed E-state index contributed by atoms with van der Waals surface area (Å²) in [6, 6.07) is 5.22. The summed E-state index contributed by atoms with van der Waals surface area (Å²) in [5, 5.41) is 13.0. The number of aromatic carboxylic acids is 1. The van der Waals surface area contributed by atoms with Gasteiger partial charge in [0.25, 0.3) is 0 Å². The SMILES string of the molecule is Cn1nc(C(=O)O)cc1-c1ccc2c(c1Br)OCCCO2. The van der Waals surface area contributed by atoms with Crippen molar-refractivity contribution in [2.24, 2.45) is 7.05 Å². The zero-order valence-electron chi connectivity index (χ0n) is 11.3. The monoisotopic (exact) mass is 352 g/mol. The number of carbonyl (C=O) groups is 1. The molecule has 6 nitrogen and oxygen atoms in total. The van der Waals surface area contributed by atoms with Crippen LogP contribution in [0.25, 0.3) is 11.3 Å². The van der Waals surface area contributed by atoms with E-state index in [0.717, 1.165) is 16.5 Å². The van der Waals surface area contributed by atoms with Gasteiger partial charge in [0.05, 0.1) is 23.4 Å². The summed E-state index contributed by atoms with van der Waals surface area (Å²) in [5.41, 5.74) is 1.50. The van der Waals surface area contributed by atoms with Gasteiger partial charge in [0.1, 0.15) is 0 Å². The lowest BCUT2D eigenvalue weighted by atomic mass is 10.1. The topological polar surface area (TPSA) is 73.6 Å². The molecule has 1 aromatic carbocycles. The molecule has 0 fully saturated rings. The maximum Gasteiger partial charge on any atom is 0.356 e. The maximum absolute atomic E-state index is 11.0. The van der Waals surface area contributed by atoms with Crippen molar-refractivity contribution in [3.05, 3.63) is 28.4 Å². The Morgan fingerprint density at radius 2 is 2.14 bits per heavy atom. The highest BCUT2D eigenvalue weighted by Crippen LogP contribution is 2.43. The minimum absolute atomic E-state index is 0.00603. The molecule has 0 amide bonds. The highest BCUT2D eigenvalue weighted by Gasteiger charge is 2.20. The summed E-state index contributed by atoms with van der Waals surface area (Å²) in [6.45, 7) is 1.20. The van der Waals surface area contributed by atoms with Crippen LogP contribution in [0.2, 0.25) is 0 Å². The van der Waals surface area contributed by atoms with Crippen molar-refractivity contribution in [3.8, 4) is 22.8 Å². The first-order chi connectivity index (χ1) is 10.1. The highest BCUT2D eigenvalue weighted by atomic mass is 79.9. The third-order valence-electron chi connectivity index (χ3n) is 3.23. The zero-order valence-corrected chi connectivity index (χ0v) is 12.9. The number of hydrogen-bond acceptors (Lipinski definition) is 4. The van der Waals surface area contributed by atoms with E-state index in [0.29, 0.717) is 30.4 Å². The predicted molar refractivity (Wildman–Crippen MR) is 78.9 cm³/mol. The van der Waals surface area contributed by atoms with Crippen molar-refractivity contribution in [3.63, 3.8) is 0 Å². The van der Waals surface area contributed by atoms with Crippen LogP contribution >= 0.6 is 15.9 Å². The number of ether oxygens (including phenoxy) is 2. The summed E-state index contributed by atoms with van der Waals surface area (Å²) >= 11 is 3.53. The Bertz CT molecular complexity index is 711. The van der Waals surface area contributed by atoms with E-state index in [1.165, 1.54) is 10.7 Å². The molecular formula is C14H13BrN2O4. The van der Waals surface area contributed by atoms with Crippen molar-refractivity contribution < 1.29 is 19.4 Å². The Labute approximate surface area is 129 Å². The van der Waals surface area contributed by atoms with E-state index < -0.39 is 5.97 Å². The van der Waals surface area contributed by atoms with Crippen LogP contribution in [-0.4, -0.2) is 34.1 Å². The van der Waals surface area contributed by atoms with Crippen LogP contribution < -0.4 is 9.47 Å². The second-order valence-electron chi connectivity index (χ2n) is 4.65. The summed E-state index contributed by atoms with van der Waals surface area (Å²) in [6.07, 6.45) is 0.825. The fourth-order valence-corrected chi connectivity index (χ4v) is 2.87. The lowest BCUT2D eigenvalue weighted by Gasteiger charge is -2.12. The molecule has 7 heteroatoms. The molecule has 110 valence electrons. The number of aromatic nitrogens is 2. The summed E-state index contributed by atoms with van der Waals surface area (Å²) in [4.78, 5) is 11.0. The highest BCUT2D eigenvalue weighted by molar-refractivity contribution is 9.10. The minimum Gasteiger partial charge on any atom is -0.490 e. The van der Waals surface area contributed by atoms with Gasteiger partial charge in [0.15, 0.2) is 17.2 Å². The van der Waals surface area contributed by atoms with Gasteiger partial charge in [-0.1, -0.05) is 0 Å². The van der Waals surface area contributed by atoms with Crippen molar-refractivity contribution in [2.45, 2.75) is 6.42 Å². The van der Waals surface area contributed by atoms with Crippen molar-refractivity contribution in [2.75, 3.05) is 13.2 Å². The van der Waals surface area contributed by atoms with Gasteiger partial charge in [-0.05, 0) is 34.1 Å². The van der Waals surface area contributed by atoms with E-state index in [1.54, 1.807) is 7.05 Å². The quantitative estimate of drug-likeness (QED) is 0.899. The van der Waals surface area contributed by atoms with Crippen LogP contribution in [0.15, 0.2) is 22.7 Å².